The number of hydrogen-bond donors (Lipinski definition) is 3. The Kier molecular flexibility index (Phi) is 13.5. The first-order valence-corrected chi connectivity index (χ1v) is 5.63. The van der Waals surface area contributed by atoms with Crippen LogP contribution in [0.4, 0.5) is 0 Å². The van der Waals surface area contributed by atoms with Gasteiger partial charge in [-0.1, -0.05) is 27.7 Å². The normalized spacial score (nSPS) is 10.1. The Hall–Kier alpha value is -1.14. The van der Waals surface area contributed by atoms with Gasteiger partial charge in [0.2, 0.25) is 0 Å². The van der Waals surface area contributed by atoms with Gasteiger partial charge in [0.1, 0.15) is 0 Å². The van der Waals surface area contributed by atoms with E-state index in [9.17, 15) is 9.59 Å². The third-order valence-electron chi connectivity index (χ3n) is 1.26. The van der Waals surface area contributed by atoms with Crippen LogP contribution in [0.5, 0.6) is 0 Å². The lowest BCUT2D eigenvalue weighted by molar-refractivity contribution is -0.306. The lowest BCUT2D eigenvalue weighted by Gasteiger charge is -2.10. The molecule has 0 aromatic carbocycles. The zero-order chi connectivity index (χ0) is 15.5. The molecule has 0 fully saturated rings. The molecule has 0 aliphatic carbocycles. The Balaban J connectivity index is -0.000000187. The van der Waals surface area contributed by atoms with E-state index >= 15 is 0 Å². The van der Waals surface area contributed by atoms with Crippen molar-refractivity contribution in [3.05, 3.63) is 0 Å². The summed E-state index contributed by atoms with van der Waals surface area (Å²) >= 11 is 0. The zero-order valence-corrected chi connectivity index (χ0v) is 12.2. The Bertz CT molecular complexity index is 209. The lowest BCUT2D eigenvalue weighted by atomic mass is 10.2. The van der Waals surface area contributed by atoms with Gasteiger partial charge in [0.25, 0.3) is 0 Å². The molecule has 0 rings (SSSR count). The number of carboxylic acid groups (broad SMARTS) is 2. The van der Waals surface area contributed by atoms with Crippen LogP contribution in [0.25, 0.3) is 0 Å². The Morgan fingerprint density at radius 3 is 1.00 bits per heavy atom. The molecule has 0 bridgehead atoms. The molecule has 0 aliphatic heterocycles. The van der Waals surface area contributed by atoms with Crippen LogP contribution in [0.2, 0.25) is 0 Å². The van der Waals surface area contributed by atoms with Crippen molar-refractivity contribution in [1.29, 1.82) is 0 Å². The Labute approximate surface area is 109 Å². The fourth-order valence-corrected chi connectivity index (χ4v) is 0. The molecule has 0 saturated carbocycles. The van der Waals surface area contributed by atoms with Crippen LogP contribution in [0.15, 0.2) is 0 Å². The molecule has 0 aromatic heterocycles. The molecule has 18 heavy (non-hydrogen) atoms. The number of rotatable bonds is 2. The standard InChI is InChI=1S/C4H10O2.2C4H8O2/c1-4(2,3)6-5;2*1-3(2)4(5)6/h5H,1-3H3;2*3H,1-2H3,(H,5,6). The van der Waals surface area contributed by atoms with Crippen molar-refractivity contribution in [3.8, 4) is 0 Å². The molecule has 6 nitrogen and oxygen atoms in total. The van der Waals surface area contributed by atoms with Crippen LogP contribution in [0, 0.1) is 11.8 Å². The fourth-order valence-electron chi connectivity index (χ4n) is 0. The highest BCUT2D eigenvalue weighted by atomic mass is 17.1. The van der Waals surface area contributed by atoms with Crippen molar-refractivity contribution in [2.75, 3.05) is 0 Å². The van der Waals surface area contributed by atoms with Crippen LogP contribution < -0.4 is 0 Å². The Morgan fingerprint density at radius 1 is 0.889 bits per heavy atom. The average Bonchev–Trinajstić information content (AvgIpc) is 2.18. The van der Waals surface area contributed by atoms with E-state index in [1.807, 2.05) is 0 Å². The minimum absolute atomic E-state index is 0.231. The molecule has 6 heteroatoms. The maximum atomic E-state index is 9.70. The maximum absolute atomic E-state index is 9.70. The topological polar surface area (TPSA) is 104 Å². The molecule has 0 spiro atoms. The number of hydrogen-bond acceptors (Lipinski definition) is 4. The second-order valence-corrected chi connectivity index (χ2v) is 5.19. The largest absolute Gasteiger partial charge is 0.481 e. The van der Waals surface area contributed by atoms with E-state index < -0.39 is 17.5 Å². The highest BCUT2D eigenvalue weighted by Crippen LogP contribution is 2.01. The van der Waals surface area contributed by atoms with Crippen molar-refractivity contribution in [2.24, 2.45) is 11.8 Å². The lowest BCUT2D eigenvalue weighted by Crippen LogP contribution is -2.15. The average molecular weight is 266 g/mol. The summed E-state index contributed by atoms with van der Waals surface area (Å²) < 4.78 is 0. The number of carbonyl (C=O) groups is 2. The first-order valence-electron chi connectivity index (χ1n) is 5.63. The molecule has 0 amide bonds. The van der Waals surface area contributed by atoms with Gasteiger partial charge in [0.05, 0.1) is 17.4 Å². The van der Waals surface area contributed by atoms with E-state index in [2.05, 4.69) is 4.89 Å². The van der Waals surface area contributed by atoms with Gasteiger partial charge in [-0.2, -0.15) is 0 Å². The highest BCUT2D eigenvalue weighted by Gasteiger charge is 2.07. The van der Waals surface area contributed by atoms with Gasteiger partial charge in [-0.05, 0) is 20.8 Å². The molecular weight excluding hydrogens is 240 g/mol. The van der Waals surface area contributed by atoms with Crippen molar-refractivity contribution in [1.82, 2.24) is 0 Å². The minimum atomic E-state index is -0.741. The predicted octanol–water partition coefficient (Wildman–Crippen LogP) is 2.73. The van der Waals surface area contributed by atoms with Gasteiger partial charge in [0.15, 0.2) is 0 Å². The van der Waals surface area contributed by atoms with Crippen LogP contribution in [0.1, 0.15) is 48.5 Å². The van der Waals surface area contributed by atoms with Gasteiger partial charge in [-0.15, -0.1) is 0 Å². The fraction of sp³-hybridized carbons (Fsp3) is 0.833. The summed E-state index contributed by atoms with van der Waals surface area (Å²) in [5.41, 5.74) is -0.403. The summed E-state index contributed by atoms with van der Waals surface area (Å²) in [7, 11) is 0. The van der Waals surface area contributed by atoms with E-state index in [-0.39, 0.29) is 11.8 Å². The van der Waals surface area contributed by atoms with E-state index in [0.717, 1.165) is 0 Å². The third-order valence-corrected chi connectivity index (χ3v) is 1.26. The maximum Gasteiger partial charge on any atom is 0.305 e. The van der Waals surface area contributed by atoms with Crippen molar-refractivity contribution in [3.63, 3.8) is 0 Å². The van der Waals surface area contributed by atoms with E-state index in [1.54, 1.807) is 48.5 Å². The molecular formula is C12H26O6. The van der Waals surface area contributed by atoms with Crippen LogP contribution in [-0.4, -0.2) is 33.0 Å². The quantitative estimate of drug-likeness (QED) is 0.524. The molecule has 0 saturated heterocycles. The van der Waals surface area contributed by atoms with E-state index in [4.69, 9.17) is 15.5 Å². The summed E-state index contributed by atoms with van der Waals surface area (Å²) in [6.07, 6.45) is 0. The molecule has 0 aliphatic rings. The molecule has 0 unspecified atom stereocenters. The van der Waals surface area contributed by atoms with Crippen molar-refractivity contribution >= 4 is 11.9 Å². The highest BCUT2D eigenvalue weighted by molar-refractivity contribution is 5.69. The van der Waals surface area contributed by atoms with E-state index in [0.29, 0.717) is 0 Å². The SMILES string of the molecule is CC(C)(C)OO.CC(C)C(=O)O.CC(C)C(=O)O. The molecule has 3 N–H and O–H groups in total. The molecule has 0 aromatic rings. The third kappa shape index (κ3) is 29.4. The molecule has 0 atom stereocenters. The first-order chi connectivity index (χ1) is 7.85. The van der Waals surface area contributed by atoms with Crippen LogP contribution in [-0.2, 0) is 14.5 Å². The molecule has 0 radical (unpaired) electrons. The second-order valence-electron chi connectivity index (χ2n) is 5.19. The second kappa shape index (κ2) is 11.0. The monoisotopic (exact) mass is 266 g/mol. The van der Waals surface area contributed by atoms with Crippen molar-refractivity contribution < 1.29 is 29.9 Å². The molecule has 0 heterocycles. The summed E-state index contributed by atoms with van der Waals surface area (Å²) in [5.74, 6) is -1.94. The van der Waals surface area contributed by atoms with Gasteiger partial charge in [0, 0.05) is 0 Å². The van der Waals surface area contributed by atoms with Crippen molar-refractivity contribution in [2.45, 2.75) is 54.1 Å². The Morgan fingerprint density at radius 2 is 1.00 bits per heavy atom. The number of aliphatic carboxylic acids is 2. The zero-order valence-electron chi connectivity index (χ0n) is 12.2. The molecule has 110 valence electrons. The number of carboxylic acids is 2. The first kappa shape index (κ1) is 22.1. The van der Waals surface area contributed by atoms with Crippen LogP contribution >= 0.6 is 0 Å². The van der Waals surface area contributed by atoms with Gasteiger partial charge in [-0.25, -0.2) is 4.89 Å². The minimum Gasteiger partial charge on any atom is -0.481 e. The van der Waals surface area contributed by atoms with E-state index in [1.165, 1.54) is 0 Å². The summed E-state index contributed by atoms with van der Waals surface area (Å²) in [6.45, 7) is 11.9. The van der Waals surface area contributed by atoms with Gasteiger partial charge >= 0.3 is 11.9 Å². The smallest absolute Gasteiger partial charge is 0.305 e. The summed E-state index contributed by atoms with van der Waals surface area (Å²) in [6, 6.07) is 0. The van der Waals surface area contributed by atoms with Gasteiger partial charge in [-0.3, -0.25) is 14.8 Å². The summed E-state index contributed by atoms with van der Waals surface area (Å²) in [4.78, 5) is 23.3. The van der Waals surface area contributed by atoms with Crippen LogP contribution in [0.3, 0.4) is 0 Å². The van der Waals surface area contributed by atoms with Gasteiger partial charge < -0.3 is 10.2 Å². The summed E-state index contributed by atoms with van der Waals surface area (Å²) in [5, 5.41) is 23.9. The predicted molar refractivity (Wildman–Crippen MR) is 68.4 cm³/mol.